The minimum atomic E-state index is -3.65. The van der Waals surface area contributed by atoms with Gasteiger partial charge in [-0.1, -0.05) is 6.07 Å². The van der Waals surface area contributed by atoms with Crippen LogP contribution in [0, 0.1) is 0 Å². The predicted octanol–water partition coefficient (Wildman–Crippen LogP) is 1.52. The number of oxazole rings is 1. The Morgan fingerprint density at radius 3 is 2.56 bits per heavy atom. The number of aromatic nitrogens is 2. The monoisotopic (exact) mass is 388 g/mol. The van der Waals surface area contributed by atoms with Crippen molar-refractivity contribution in [1.82, 2.24) is 13.9 Å². The highest BCUT2D eigenvalue weighted by atomic mass is 32.2. The fraction of sp³-hybridized carbons (Fsp3) is 0.333. The molecule has 1 saturated heterocycles. The summed E-state index contributed by atoms with van der Waals surface area (Å²) in [6.45, 7) is 4.18. The first kappa shape index (κ1) is 17.7. The topological polar surface area (TPSA) is 88.6 Å². The molecule has 0 amide bonds. The number of rotatable bonds is 4. The molecule has 0 aliphatic carbocycles. The molecule has 0 unspecified atom stereocenters. The molecule has 142 valence electrons. The second-order valence-electron chi connectivity index (χ2n) is 6.32. The van der Waals surface area contributed by atoms with E-state index in [4.69, 9.17) is 4.42 Å². The Morgan fingerprint density at radius 1 is 1.11 bits per heavy atom. The minimum absolute atomic E-state index is 0.137. The summed E-state index contributed by atoms with van der Waals surface area (Å²) in [7, 11) is -3.65. The summed E-state index contributed by atoms with van der Waals surface area (Å²) in [6.07, 6.45) is 1.73. The highest BCUT2D eigenvalue weighted by Gasteiger charge is 2.29. The number of pyridine rings is 1. The first-order valence-electron chi connectivity index (χ1n) is 8.80. The molecule has 0 N–H and O–H groups in total. The molecule has 0 spiro atoms. The molecule has 1 aliphatic rings. The lowest BCUT2D eigenvalue weighted by Gasteiger charge is -2.34. The Labute approximate surface area is 156 Å². The van der Waals surface area contributed by atoms with E-state index in [1.54, 1.807) is 12.3 Å². The standard InChI is InChI=1S/C18H20N4O4S/c1-2-22-15-7-6-14(13-16(15)26-18(22)23)27(24,25)21-11-9-20(10-12-21)17-5-3-4-8-19-17/h3-8,13H,2,9-12H2,1H3. The van der Waals surface area contributed by atoms with Gasteiger partial charge in [-0.15, -0.1) is 0 Å². The van der Waals surface area contributed by atoms with Crippen molar-refractivity contribution < 1.29 is 12.8 Å². The third kappa shape index (κ3) is 3.13. The SMILES string of the molecule is CCn1c(=O)oc2cc(S(=O)(=O)N3CCN(c4ccccn4)CC3)ccc21. The highest BCUT2D eigenvalue weighted by molar-refractivity contribution is 7.89. The van der Waals surface area contributed by atoms with Gasteiger partial charge in [-0.25, -0.2) is 18.2 Å². The van der Waals surface area contributed by atoms with Gasteiger partial charge in [0.2, 0.25) is 10.0 Å². The van der Waals surface area contributed by atoms with E-state index in [-0.39, 0.29) is 10.5 Å². The number of hydrogen-bond donors (Lipinski definition) is 0. The van der Waals surface area contributed by atoms with E-state index in [9.17, 15) is 13.2 Å². The molecule has 0 saturated carbocycles. The molecule has 4 rings (SSSR count). The number of sulfonamides is 1. The van der Waals surface area contributed by atoms with Crippen LogP contribution in [0.15, 0.2) is 56.7 Å². The zero-order valence-corrected chi connectivity index (χ0v) is 15.7. The van der Waals surface area contributed by atoms with Crippen molar-refractivity contribution in [1.29, 1.82) is 0 Å². The van der Waals surface area contributed by atoms with Crippen molar-refractivity contribution >= 4 is 26.9 Å². The molecule has 1 fully saturated rings. The van der Waals surface area contributed by atoms with Gasteiger partial charge in [0, 0.05) is 45.0 Å². The van der Waals surface area contributed by atoms with Crippen LogP contribution in [0.4, 0.5) is 5.82 Å². The summed E-state index contributed by atoms with van der Waals surface area (Å²) in [5.74, 6) is 0.365. The van der Waals surface area contributed by atoms with Crippen LogP contribution in [0.1, 0.15) is 6.92 Å². The highest BCUT2D eigenvalue weighted by Crippen LogP contribution is 2.23. The molecule has 27 heavy (non-hydrogen) atoms. The lowest BCUT2D eigenvalue weighted by atomic mass is 10.3. The van der Waals surface area contributed by atoms with Crippen molar-refractivity contribution in [3.8, 4) is 0 Å². The summed E-state index contributed by atoms with van der Waals surface area (Å²) >= 11 is 0. The van der Waals surface area contributed by atoms with Gasteiger partial charge in [0.05, 0.1) is 10.4 Å². The van der Waals surface area contributed by atoms with E-state index in [1.807, 2.05) is 25.1 Å². The second kappa shape index (κ2) is 6.82. The van der Waals surface area contributed by atoms with E-state index in [1.165, 1.54) is 21.0 Å². The number of piperazine rings is 1. The van der Waals surface area contributed by atoms with Crippen LogP contribution in [-0.4, -0.2) is 48.5 Å². The average Bonchev–Trinajstić information content (AvgIpc) is 3.02. The van der Waals surface area contributed by atoms with Crippen LogP contribution < -0.4 is 10.7 Å². The summed E-state index contributed by atoms with van der Waals surface area (Å²) in [4.78, 5) is 18.3. The Kier molecular flexibility index (Phi) is 4.48. The number of fused-ring (bicyclic) bond motifs is 1. The lowest BCUT2D eigenvalue weighted by molar-refractivity contribution is 0.384. The number of anilines is 1. The summed E-state index contributed by atoms with van der Waals surface area (Å²) in [5, 5.41) is 0. The Morgan fingerprint density at radius 2 is 1.89 bits per heavy atom. The van der Waals surface area contributed by atoms with Gasteiger partial charge in [-0.05, 0) is 31.2 Å². The maximum atomic E-state index is 13.0. The quantitative estimate of drug-likeness (QED) is 0.673. The molecule has 0 atom stereocenters. The molecule has 8 nitrogen and oxygen atoms in total. The third-order valence-electron chi connectivity index (χ3n) is 4.81. The zero-order chi connectivity index (χ0) is 19.0. The molecule has 0 bridgehead atoms. The average molecular weight is 388 g/mol. The van der Waals surface area contributed by atoms with Gasteiger partial charge in [0.1, 0.15) is 5.82 Å². The Bertz CT molecular complexity index is 1110. The van der Waals surface area contributed by atoms with Crippen LogP contribution in [0.5, 0.6) is 0 Å². The summed E-state index contributed by atoms with van der Waals surface area (Å²) in [6, 6.07) is 10.3. The van der Waals surface area contributed by atoms with Crippen molar-refractivity contribution in [2.24, 2.45) is 0 Å². The fourth-order valence-electron chi connectivity index (χ4n) is 3.35. The maximum absolute atomic E-state index is 13.0. The summed E-state index contributed by atoms with van der Waals surface area (Å²) in [5.41, 5.74) is 0.886. The van der Waals surface area contributed by atoms with E-state index < -0.39 is 15.8 Å². The molecule has 1 aromatic carbocycles. The van der Waals surface area contributed by atoms with Gasteiger partial charge in [0.15, 0.2) is 5.58 Å². The molecule has 3 heterocycles. The van der Waals surface area contributed by atoms with Gasteiger partial charge < -0.3 is 9.32 Å². The molecule has 2 aromatic heterocycles. The van der Waals surface area contributed by atoms with Gasteiger partial charge >= 0.3 is 5.76 Å². The first-order valence-corrected chi connectivity index (χ1v) is 10.2. The van der Waals surface area contributed by atoms with Crippen LogP contribution >= 0.6 is 0 Å². The van der Waals surface area contributed by atoms with Crippen LogP contribution in [0.25, 0.3) is 11.1 Å². The number of benzene rings is 1. The normalized spacial score (nSPS) is 16.1. The minimum Gasteiger partial charge on any atom is -0.408 e. The van der Waals surface area contributed by atoms with Crippen molar-refractivity contribution in [3.05, 3.63) is 53.1 Å². The van der Waals surface area contributed by atoms with E-state index in [0.717, 1.165) is 5.82 Å². The molecule has 3 aromatic rings. The molecule has 0 radical (unpaired) electrons. The predicted molar refractivity (Wildman–Crippen MR) is 101 cm³/mol. The zero-order valence-electron chi connectivity index (χ0n) is 14.9. The van der Waals surface area contributed by atoms with E-state index in [2.05, 4.69) is 9.88 Å². The molecular weight excluding hydrogens is 368 g/mol. The second-order valence-corrected chi connectivity index (χ2v) is 8.26. The molecule has 9 heteroatoms. The Balaban J connectivity index is 1.57. The van der Waals surface area contributed by atoms with Crippen LogP contribution in [-0.2, 0) is 16.6 Å². The van der Waals surface area contributed by atoms with Crippen LogP contribution in [0.3, 0.4) is 0 Å². The number of hydrogen-bond acceptors (Lipinski definition) is 6. The third-order valence-corrected chi connectivity index (χ3v) is 6.70. The van der Waals surface area contributed by atoms with Gasteiger partial charge in [-0.3, -0.25) is 4.57 Å². The smallest absolute Gasteiger partial charge is 0.408 e. The van der Waals surface area contributed by atoms with E-state index >= 15 is 0 Å². The van der Waals surface area contributed by atoms with Crippen molar-refractivity contribution in [2.45, 2.75) is 18.4 Å². The molecule has 1 aliphatic heterocycles. The number of aryl methyl sites for hydroxylation is 1. The van der Waals surface area contributed by atoms with Crippen molar-refractivity contribution in [2.75, 3.05) is 31.1 Å². The lowest BCUT2D eigenvalue weighted by Crippen LogP contribution is -2.48. The number of nitrogens with zero attached hydrogens (tertiary/aromatic N) is 4. The van der Waals surface area contributed by atoms with Crippen molar-refractivity contribution in [3.63, 3.8) is 0 Å². The van der Waals surface area contributed by atoms with Gasteiger partial charge in [-0.2, -0.15) is 4.31 Å². The Hall–Kier alpha value is -2.65. The van der Waals surface area contributed by atoms with Gasteiger partial charge in [0.25, 0.3) is 0 Å². The molecular formula is C18H20N4O4S. The largest absolute Gasteiger partial charge is 0.419 e. The summed E-state index contributed by atoms with van der Waals surface area (Å²) < 4.78 is 34.1. The van der Waals surface area contributed by atoms with E-state index in [0.29, 0.717) is 38.2 Å². The maximum Gasteiger partial charge on any atom is 0.419 e. The van der Waals surface area contributed by atoms with Crippen LogP contribution in [0.2, 0.25) is 0 Å². The first-order chi connectivity index (χ1) is 13.0. The fourth-order valence-corrected chi connectivity index (χ4v) is 4.79.